The van der Waals surface area contributed by atoms with Crippen molar-refractivity contribution in [2.45, 2.75) is 38.6 Å². The van der Waals surface area contributed by atoms with E-state index in [1.807, 2.05) is 23.1 Å². The van der Waals surface area contributed by atoms with E-state index >= 15 is 0 Å². The van der Waals surface area contributed by atoms with E-state index in [1.165, 1.54) is 0 Å². The molecule has 2 aliphatic heterocycles. The number of benzene rings is 1. The average molecular weight is 355 g/mol. The van der Waals surface area contributed by atoms with Gasteiger partial charge in [-0.25, -0.2) is 0 Å². The van der Waals surface area contributed by atoms with Gasteiger partial charge in [-0.1, -0.05) is 6.92 Å². The Hall–Kier alpha value is -1.46. The fraction of sp³-hybridized carbons (Fsp3) is 0.611. The highest BCUT2D eigenvalue weighted by molar-refractivity contribution is 5.95. The summed E-state index contributed by atoms with van der Waals surface area (Å²) in [6, 6.07) is 5.90. The van der Waals surface area contributed by atoms with E-state index in [2.05, 4.69) is 12.2 Å². The van der Waals surface area contributed by atoms with Crippen LogP contribution in [-0.4, -0.2) is 49.7 Å². The number of halogens is 1. The maximum Gasteiger partial charge on any atom is 0.254 e. The van der Waals surface area contributed by atoms with Gasteiger partial charge >= 0.3 is 0 Å². The lowest BCUT2D eigenvalue weighted by Crippen LogP contribution is -2.46. The number of amides is 1. The molecule has 0 saturated carbocycles. The van der Waals surface area contributed by atoms with Gasteiger partial charge < -0.3 is 19.7 Å². The van der Waals surface area contributed by atoms with Crippen LogP contribution < -0.4 is 14.8 Å². The average Bonchev–Trinajstić information content (AvgIpc) is 2.84. The number of hydrogen-bond donors (Lipinski definition) is 1. The fourth-order valence-electron chi connectivity index (χ4n) is 3.27. The largest absolute Gasteiger partial charge is 0.490 e. The standard InChI is InChI=1S/C18H26N2O3.ClH/c1-2-10-20(15-6-8-19-9-7-15)18(21)14-4-5-16-17(13-14)23-12-3-11-22-16;/h4-5,13,15,19H,2-3,6-12H2,1H3;1H. The highest BCUT2D eigenvalue weighted by Crippen LogP contribution is 2.31. The van der Waals surface area contributed by atoms with Crippen molar-refractivity contribution >= 4 is 18.3 Å². The third kappa shape index (κ3) is 4.33. The van der Waals surface area contributed by atoms with Crippen molar-refractivity contribution in [3.63, 3.8) is 0 Å². The van der Waals surface area contributed by atoms with Crippen LogP contribution in [0.5, 0.6) is 11.5 Å². The molecule has 0 radical (unpaired) electrons. The van der Waals surface area contributed by atoms with Crippen LogP contribution in [0.1, 0.15) is 43.0 Å². The first kappa shape index (κ1) is 18.9. The molecule has 5 nitrogen and oxygen atoms in total. The molecule has 0 spiro atoms. The summed E-state index contributed by atoms with van der Waals surface area (Å²) in [7, 11) is 0. The number of nitrogens with zero attached hydrogens (tertiary/aromatic N) is 1. The molecule has 3 rings (SSSR count). The number of ether oxygens (including phenoxy) is 2. The van der Waals surface area contributed by atoms with Crippen molar-refractivity contribution in [2.75, 3.05) is 32.8 Å². The number of fused-ring (bicyclic) bond motifs is 1. The number of piperidine rings is 1. The van der Waals surface area contributed by atoms with Crippen molar-refractivity contribution < 1.29 is 14.3 Å². The summed E-state index contributed by atoms with van der Waals surface area (Å²) >= 11 is 0. The normalized spacial score (nSPS) is 17.5. The Morgan fingerprint density at radius 1 is 1.21 bits per heavy atom. The lowest BCUT2D eigenvalue weighted by Gasteiger charge is -2.34. The molecule has 0 unspecified atom stereocenters. The summed E-state index contributed by atoms with van der Waals surface area (Å²) in [5, 5.41) is 3.36. The first-order valence-corrected chi connectivity index (χ1v) is 8.71. The molecule has 1 saturated heterocycles. The van der Waals surface area contributed by atoms with Crippen molar-refractivity contribution in [2.24, 2.45) is 0 Å². The molecular weight excluding hydrogens is 328 g/mol. The summed E-state index contributed by atoms with van der Waals surface area (Å²) < 4.78 is 11.4. The van der Waals surface area contributed by atoms with Gasteiger partial charge in [0.15, 0.2) is 11.5 Å². The molecule has 134 valence electrons. The molecule has 0 aliphatic carbocycles. The van der Waals surface area contributed by atoms with Gasteiger partial charge in [0.05, 0.1) is 13.2 Å². The van der Waals surface area contributed by atoms with Crippen molar-refractivity contribution in [1.29, 1.82) is 0 Å². The van der Waals surface area contributed by atoms with E-state index < -0.39 is 0 Å². The van der Waals surface area contributed by atoms with Crippen molar-refractivity contribution in [3.05, 3.63) is 23.8 Å². The summed E-state index contributed by atoms with van der Waals surface area (Å²) in [5.74, 6) is 1.53. The van der Waals surface area contributed by atoms with Crippen LogP contribution in [0.15, 0.2) is 18.2 Å². The smallest absolute Gasteiger partial charge is 0.254 e. The predicted molar refractivity (Wildman–Crippen MR) is 96.5 cm³/mol. The molecule has 0 atom stereocenters. The Morgan fingerprint density at radius 3 is 2.62 bits per heavy atom. The van der Waals surface area contributed by atoms with Crippen molar-refractivity contribution in [1.82, 2.24) is 10.2 Å². The zero-order valence-corrected chi connectivity index (χ0v) is 15.1. The van der Waals surface area contributed by atoms with E-state index in [1.54, 1.807) is 0 Å². The van der Waals surface area contributed by atoms with E-state index in [4.69, 9.17) is 9.47 Å². The summed E-state index contributed by atoms with van der Waals surface area (Å²) in [6.07, 6.45) is 3.89. The van der Waals surface area contributed by atoms with Crippen LogP contribution in [0.4, 0.5) is 0 Å². The van der Waals surface area contributed by atoms with Crippen LogP contribution in [0.25, 0.3) is 0 Å². The van der Waals surface area contributed by atoms with E-state index in [-0.39, 0.29) is 18.3 Å². The Labute approximate surface area is 150 Å². The zero-order chi connectivity index (χ0) is 16.1. The molecule has 24 heavy (non-hydrogen) atoms. The minimum atomic E-state index is 0. The van der Waals surface area contributed by atoms with Gasteiger partial charge in [-0.05, 0) is 50.6 Å². The van der Waals surface area contributed by atoms with Crippen LogP contribution in [0.2, 0.25) is 0 Å². The Kier molecular flexibility index (Phi) is 7.18. The van der Waals surface area contributed by atoms with Crippen LogP contribution in [0, 0.1) is 0 Å². The highest BCUT2D eigenvalue weighted by atomic mass is 35.5. The number of carbonyl (C=O) groups is 1. The minimum Gasteiger partial charge on any atom is -0.490 e. The van der Waals surface area contributed by atoms with Crippen LogP contribution in [-0.2, 0) is 0 Å². The van der Waals surface area contributed by atoms with Gasteiger partial charge in [0.2, 0.25) is 0 Å². The van der Waals surface area contributed by atoms with Crippen LogP contribution in [0.3, 0.4) is 0 Å². The summed E-state index contributed by atoms with van der Waals surface area (Å²) in [6.45, 7) is 6.20. The second kappa shape index (κ2) is 9.14. The maximum atomic E-state index is 13.0. The molecule has 0 bridgehead atoms. The van der Waals surface area contributed by atoms with Gasteiger partial charge in [0.25, 0.3) is 5.91 Å². The lowest BCUT2D eigenvalue weighted by molar-refractivity contribution is 0.0642. The monoisotopic (exact) mass is 354 g/mol. The minimum absolute atomic E-state index is 0. The molecular formula is C18H27ClN2O3. The first-order valence-electron chi connectivity index (χ1n) is 8.71. The third-order valence-electron chi connectivity index (χ3n) is 4.47. The lowest BCUT2D eigenvalue weighted by atomic mass is 10.0. The quantitative estimate of drug-likeness (QED) is 0.903. The summed E-state index contributed by atoms with van der Waals surface area (Å²) in [4.78, 5) is 15.1. The summed E-state index contributed by atoms with van der Waals surface area (Å²) in [5.41, 5.74) is 0.696. The van der Waals surface area contributed by atoms with Gasteiger partial charge in [-0.2, -0.15) is 0 Å². The maximum absolute atomic E-state index is 13.0. The van der Waals surface area contributed by atoms with Crippen molar-refractivity contribution in [3.8, 4) is 11.5 Å². The SMILES string of the molecule is CCCN(C(=O)c1ccc2c(c1)OCCCO2)C1CCNCC1.Cl. The number of rotatable bonds is 4. The topological polar surface area (TPSA) is 50.8 Å². The number of hydrogen-bond acceptors (Lipinski definition) is 4. The van der Waals surface area contributed by atoms with E-state index in [9.17, 15) is 4.79 Å². The second-order valence-corrected chi connectivity index (χ2v) is 6.19. The van der Waals surface area contributed by atoms with Gasteiger partial charge in [0, 0.05) is 24.6 Å². The first-order chi connectivity index (χ1) is 11.3. The van der Waals surface area contributed by atoms with E-state index in [0.29, 0.717) is 30.6 Å². The van der Waals surface area contributed by atoms with Gasteiger partial charge in [-0.3, -0.25) is 4.79 Å². The zero-order valence-electron chi connectivity index (χ0n) is 14.3. The molecule has 2 heterocycles. The molecule has 1 fully saturated rings. The molecule has 1 amide bonds. The second-order valence-electron chi connectivity index (χ2n) is 6.19. The number of carbonyl (C=O) groups excluding carboxylic acids is 1. The molecule has 1 aromatic rings. The van der Waals surface area contributed by atoms with E-state index in [0.717, 1.165) is 51.1 Å². The predicted octanol–water partition coefficient (Wildman–Crippen LogP) is 2.87. The van der Waals surface area contributed by atoms with Gasteiger partial charge in [-0.15, -0.1) is 12.4 Å². The molecule has 1 N–H and O–H groups in total. The number of nitrogens with one attached hydrogen (secondary N) is 1. The van der Waals surface area contributed by atoms with Gasteiger partial charge in [0.1, 0.15) is 0 Å². The Bertz CT molecular complexity index is 547. The molecule has 6 heteroatoms. The molecule has 2 aliphatic rings. The highest BCUT2D eigenvalue weighted by Gasteiger charge is 2.26. The van der Waals surface area contributed by atoms with Crippen LogP contribution >= 0.6 is 12.4 Å². The molecule has 1 aromatic carbocycles. The molecule has 0 aromatic heterocycles. The third-order valence-corrected chi connectivity index (χ3v) is 4.47. The Balaban J connectivity index is 0.00000208. The fourth-order valence-corrected chi connectivity index (χ4v) is 3.27. The Morgan fingerprint density at radius 2 is 1.92 bits per heavy atom.